The molecular weight excluding hydrogens is 214 g/mol. The summed E-state index contributed by atoms with van der Waals surface area (Å²) in [5.41, 5.74) is 0. The molecule has 4 nitrogen and oxygen atoms in total. The van der Waals surface area contributed by atoms with Gasteiger partial charge in [-0.2, -0.15) is 0 Å². The quantitative estimate of drug-likeness (QED) is 0.709. The van der Waals surface area contributed by atoms with Crippen molar-refractivity contribution in [1.82, 2.24) is 4.72 Å². The first kappa shape index (κ1) is 14.7. The lowest BCUT2D eigenvalue weighted by molar-refractivity contribution is -0.140. The third-order valence-electron chi connectivity index (χ3n) is 2.27. The number of carboxylic acids is 1. The van der Waals surface area contributed by atoms with Crippen LogP contribution in [-0.4, -0.2) is 26.4 Å². The van der Waals surface area contributed by atoms with Gasteiger partial charge in [-0.25, -0.2) is 0 Å². The van der Waals surface area contributed by atoms with Gasteiger partial charge in [0.05, 0.1) is 0 Å². The van der Waals surface area contributed by atoms with E-state index in [4.69, 9.17) is 5.11 Å². The van der Waals surface area contributed by atoms with Crippen molar-refractivity contribution in [2.45, 2.75) is 51.8 Å². The maximum atomic E-state index is 11.7. The Kier molecular flexibility index (Phi) is 5.62. The fraction of sp³-hybridized carbons (Fsp3) is 0.900. The van der Waals surface area contributed by atoms with Gasteiger partial charge in [-0.1, -0.05) is 20.3 Å². The Morgan fingerprint density at radius 2 is 2.00 bits per heavy atom. The molecule has 0 saturated heterocycles. The molecule has 0 heterocycles. The lowest BCUT2D eigenvalue weighted by Gasteiger charge is -2.28. The second-order valence-electron chi connectivity index (χ2n) is 4.70. The molecule has 0 fully saturated rings. The van der Waals surface area contributed by atoms with Gasteiger partial charge in [0, 0.05) is 11.4 Å². The van der Waals surface area contributed by atoms with Crippen molar-refractivity contribution in [3.8, 4) is 0 Å². The van der Waals surface area contributed by atoms with E-state index in [1.165, 1.54) is 0 Å². The first-order chi connectivity index (χ1) is 6.70. The Bertz CT molecular complexity index is 215. The number of carboxylic acid groups (broad SMARTS) is 1. The van der Waals surface area contributed by atoms with E-state index < -0.39 is 28.1 Å². The molecule has 0 amide bonds. The Morgan fingerprint density at radius 3 is 2.27 bits per heavy atom. The fourth-order valence-electron chi connectivity index (χ4n) is 0.938. The van der Waals surface area contributed by atoms with Crippen LogP contribution >= 0.6 is 0 Å². The molecule has 0 aliphatic heterocycles. The van der Waals surface area contributed by atoms with Crippen LogP contribution in [0.3, 0.4) is 0 Å². The Balaban J connectivity index is 4.49. The standard InChI is InChI=1S/C10H21NO3S/c1-6-7(2)8(9(12)13)11-15(14)10(3,4)5/h7-8,11H,6H2,1-5H3,(H,12,13)/t7-,8+,15?/m1/s1. The summed E-state index contributed by atoms with van der Waals surface area (Å²) < 4.78 is 14.0. The van der Waals surface area contributed by atoms with Crippen LogP contribution in [0, 0.1) is 5.92 Å². The molecule has 0 aliphatic carbocycles. The van der Waals surface area contributed by atoms with E-state index in [0.717, 1.165) is 6.42 Å². The summed E-state index contributed by atoms with van der Waals surface area (Å²) in [6, 6.07) is -0.741. The van der Waals surface area contributed by atoms with Crippen LogP contribution in [0.25, 0.3) is 0 Å². The molecule has 0 aliphatic rings. The van der Waals surface area contributed by atoms with E-state index in [2.05, 4.69) is 4.72 Å². The smallest absolute Gasteiger partial charge is 0.325 e. The highest BCUT2D eigenvalue weighted by Gasteiger charge is 2.34. The predicted octanol–water partition coefficient (Wildman–Crippen LogP) is 1.54. The summed E-state index contributed by atoms with van der Waals surface area (Å²) in [5, 5.41) is 8.99. The molecule has 5 heteroatoms. The first-order valence-electron chi connectivity index (χ1n) is 5.11. The van der Waals surface area contributed by atoms with E-state index in [9.17, 15) is 9.35 Å². The summed E-state index contributed by atoms with van der Waals surface area (Å²) in [6.45, 7) is 9.19. The predicted molar refractivity (Wildman–Crippen MR) is 61.9 cm³/mol. The van der Waals surface area contributed by atoms with Crippen LogP contribution < -0.4 is 4.72 Å². The molecule has 0 aromatic rings. The van der Waals surface area contributed by atoms with Crippen molar-refractivity contribution < 1.29 is 14.5 Å². The molecule has 1 unspecified atom stereocenters. The Labute approximate surface area is 94.8 Å². The molecule has 15 heavy (non-hydrogen) atoms. The number of carbonyl (C=O) groups is 1. The highest BCUT2D eigenvalue weighted by Crippen LogP contribution is 2.17. The summed E-state index contributed by atoms with van der Waals surface area (Å²) in [7, 11) is 0. The van der Waals surface area contributed by atoms with E-state index >= 15 is 0 Å². The van der Waals surface area contributed by atoms with Crippen molar-refractivity contribution in [3.05, 3.63) is 0 Å². The van der Waals surface area contributed by atoms with Crippen LogP contribution in [0.1, 0.15) is 41.0 Å². The van der Waals surface area contributed by atoms with Gasteiger partial charge in [-0.3, -0.25) is 4.79 Å². The Morgan fingerprint density at radius 1 is 1.53 bits per heavy atom. The van der Waals surface area contributed by atoms with Gasteiger partial charge in [0.2, 0.25) is 0 Å². The molecule has 0 rings (SSSR count). The van der Waals surface area contributed by atoms with Crippen LogP contribution in [0.4, 0.5) is 0 Å². The summed E-state index contributed by atoms with van der Waals surface area (Å²) >= 11 is -1.34. The normalized spacial score (nSPS) is 18.3. The van der Waals surface area contributed by atoms with Crippen LogP contribution in [0.15, 0.2) is 0 Å². The summed E-state index contributed by atoms with van der Waals surface area (Å²) in [5.74, 6) is -0.976. The van der Waals surface area contributed by atoms with Gasteiger partial charge >= 0.3 is 5.97 Å². The maximum Gasteiger partial charge on any atom is 0.325 e. The highest BCUT2D eigenvalue weighted by molar-refractivity contribution is 7.90. The average molecular weight is 235 g/mol. The minimum absolute atomic E-state index is 0.0335. The average Bonchev–Trinajstić information content (AvgIpc) is 2.10. The van der Waals surface area contributed by atoms with E-state index in [0.29, 0.717) is 0 Å². The SMILES string of the molecule is CC[C@@H](C)[C@H](N[S+]([O-])C(C)(C)C)C(=O)O. The van der Waals surface area contributed by atoms with Crippen molar-refractivity contribution >= 4 is 17.3 Å². The molecule has 2 N–H and O–H groups in total. The van der Waals surface area contributed by atoms with Crippen molar-refractivity contribution in [2.24, 2.45) is 5.92 Å². The van der Waals surface area contributed by atoms with Crippen LogP contribution in [0.2, 0.25) is 0 Å². The van der Waals surface area contributed by atoms with Crippen LogP contribution in [-0.2, 0) is 16.2 Å². The molecule has 0 radical (unpaired) electrons. The minimum Gasteiger partial charge on any atom is -0.598 e. The molecule has 0 aromatic heterocycles. The molecule has 3 atom stereocenters. The first-order valence-corrected chi connectivity index (χ1v) is 6.26. The largest absolute Gasteiger partial charge is 0.598 e. The van der Waals surface area contributed by atoms with Gasteiger partial charge in [-0.05, 0) is 26.7 Å². The van der Waals surface area contributed by atoms with Gasteiger partial charge in [0.25, 0.3) is 0 Å². The number of hydrogen-bond donors (Lipinski definition) is 2. The zero-order valence-corrected chi connectivity index (χ0v) is 10.9. The number of aliphatic carboxylic acids is 1. The number of rotatable bonds is 5. The molecule has 0 bridgehead atoms. The summed E-state index contributed by atoms with van der Waals surface area (Å²) in [6.07, 6.45) is 0.741. The van der Waals surface area contributed by atoms with Gasteiger partial charge in [-0.15, -0.1) is 4.72 Å². The monoisotopic (exact) mass is 235 g/mol. The second kappa shape index (κ2) is 5.72. The van der Waals surface area contributed by atoms with Gasteiger partial charge in [0.15, 0.2) is 6.04 Å². The van der Waals surface area contributed by atoms with Gasteiger partial charge in [0.1, 0.15) is 4.75 Å². The number of nitrogens with one attached hydrogen (secondary N) is 1. The van der Waals surface area contributed by atoms with E-state index in [1.54, 1.807) is 0 Å². The molecule has 0 saturated carbocycles. The lowest BCUT2D eigenvalue weighted by Crippen LogP contribution is -2.50. The maximum absolute atomic E-state index is 11.7. The molecular formula is C10H21NO3S. The Hall–Kier alpha value is -0.260. The topological polar surface area (TPSA) is 72.4 Å². The van der Waals surface area contributed by atoms with E-state index in [1.807, 2.05) is 34.6 Å². The lowest BCUT2D eigenvalue weighted by atomic mass is 10.0. The van der Waals surface area contributed by atoms with Crippen LogP contribution in [0.5, 0.6) is 0 Å². The summed E-state index contributed by atoms with van der Waals surface area (Å²) in [4.78, 5) is 11.0. The van der Waals surface area contributed by atoms with Crippen molar-refractivity contribution in [2.75, 3.05) is 0 Å². The zero-order chi connectivity index (χ0) is 12.2. The zero-order valence-electron chi connectivity index (χ0n) is 10.0. The third kappa shape index (κ3) is 4.86. The second-order valence-corrected chi connectivity index (χ2v) is 6.70. The van der Waals surface area contributed by atoms with Gasteiger partial charge < -0.3 is 9.66 Å². The molecule has 0 spiro atoms. The van der Waals surface area contributed by atoms with E-state index in [-0.39, 0.29) is 5.92 Å². The fourth-order valence-corrected chi connectivity index (χ4v) is 1.86. The number of hydrogen-bond acceptors (Lipinski definition) is 3. The molecule has 90 valence electrons. The highest BCUT2D eigenvalue weighted by atomic mass is 32.2. The third-order valence-corrected chi connectivity index (χ3v) is 3.85. The van der Waals surface area contributed by atoms with Crippen molar-refractivity contribution in [1.29, 1.82) is 0 Å². The minimum atomic E-state index is -1.34. The van der Waals surface area contributed by atoms with Crippen molar-refractivity contribution in [3.63, 3.8) is 0 Å². The molecule has 0 aromatic carbocycles.